The van der Waals surface area contributed by atoms with Gasteiger partial charge in [-0.1, -0.05) is 166 Å². The van der Waals surface area contributed by atoms with E-state index >= 15 is 0 Å². The van der Waals surface area contributed by atoms with Crippen molar-refractivity contribution in [3.63, 3.8) is 0 Å². The van der Waals surface area contributed by atoms with Crippen molar-refractivity contribution in [1.29, 1.82) is 0 Å². The van der Waals surface area contributed by atoms with Crippen LogP contribution in [0.5, 0.6) is 0 Å². The molecule has 0 atom stereocenters. The summed E-state index contributed by atoms with van der Waals surface area (Å²) in [6, 6.07) is 46.8. The zero-order valence-corrected chi connectivity index (χ0v) is 36.3. The van der Waals surface area contributed by atoms with Crippen molar-refractivity contribution in [1.82, 2.24) is 0 Å². The normalized spacial score (nSPS) is 18.9. The molecule has 57 heavy (non-hydrogen) atoms. The van der Waals surface area contributed by atoms with Gasteiger partial charge in [-0.3, -0.25) is 0 Å². The number of fused-ring (bicyclic) bond motifs is 5. The van der Waals surface area contributed by atoms with Crippen molar-refractivity contribution in [3.8, 4) is 33.4 Å². The zero-order valence-electron chi connectivity index (χ0n) is 36.3. The number of hydrogen-bond acceptors (Lipinski definition) is 1. The quantitative estimate of drug-likeness (QED) is 0.170. The Morgan fingerprint density at radius 2 is 0.965 bits per heavy atom. The van der Waals surface area contributed by atoms with Gasteiger partial charge in [-0.25, -0.2) is 0 Å². The van der Waals surface area contributed by atoms with Gasteiger partial charge in [0, 0.05) is 16.7 Å². The molecule has 6 aromatic rings. The predicted octanol–water partition coefficient (Wildman–Crippen LogP) is 15.8. The lowest BCUT2D eigenvalue weighted by atomic mass is 9.62. The van der Waals surface area contributed by atoms with Crippen LogP contribution in [0, 0.1) is 6.92 Å². The van der Waals surface area contributed by atoms with Gasteiger partial charge in [-0.15, -0.1) is 0 Å². The molecule has 3 aliphatic carbocycles. The van der Waals surface area contributed by atoms with Crippen molar-refractivity contribution in [2.24, 2.45) is 0 Å². The summed E-state index contributed by atoms with van der Waals surface area (Å²) in [5.74, 6) is 0. The van der Waals surface area contributed by atoms with Crippen LogP contribution in [-0.2, 0) is 27.1 Å². The molecule has 0 N–H and O–H groups in total. The molecule has 0 amide bonds. The van der Waals surface area contributed by atoms with Crippen LogP contribution in [-0.4, -0.2) is 0 Å². The van der Waals surface area contributed by atoms with Gasteiger partial charge >= 0.3 is 0 Å². The molecule has 0 unspecified atom stereocenters. The molecule has 290 valence electrons. The van der Waals surface area contributed by atoms with Gasteiger partial charge in [0.1, 0.15) is 0 Å². The number of rotatable bonds is 5. The van der Waals surface area contributed by atoms with Gasteiger partial charge in [0.25, 0.3) is 0 Å². The van der Waals surface area contributed by atoms with Gasteiger partial charge in [-0.05, 0) is 145 Å². The van der Waals surface area contributed by atoms with Crippen molar-refractivity contribution in [2.75, 3.05) is 4.90 Å². The second kappa shape index (κ2) is 12.8. The van der Waals surface area contributed by atoms with Gasteiger partial charge < -0.3 is 4.90 Å². The molecule has 1 nitrogen and oxygen atoms in total. The monoisotopic (exact) mass is 747 g/mol. The topological polar surface area (TPSA) is 3.24 Å². The first-order chi connectivity index (χ1) is 26.9. The molecule has 0 fully saturated rings. The van der Waals surface area contributed by atoms with Crippen LogP contribution in [0.1, 0.15) is 134 Å². The lowest BCUT2D eigenvalue weighted by Gasteiger charge is -2.45. The fourth-order valence-corrected chi connectivity index (χ4v) is 10.8. The van der Waals surface area contributed by atoms with E-state index in [1.54, 1.807) is 0 Å². The highest BCUT2D eigenvalue weighted by molar-refractivity contribution is 5.96. The molecule has 9 rings (SSSR count). The SMILES string of the molecule is Cc1ccc2c(c1N(c1ccc(-c3ccccc3)cc1)c1cc3c(cc1-c1ccc4c(c1)C(C)(C)CCC4(C)C)-c1ccccc1C3(C)C)C(C)(C)CCC2(C)C. The van der Waals surface area contributed by atoms with Crippen LogP contribution in [0.3, 0.4) is 0 Å². The van der Waals surface area contributed by atoms with Crippen molar-refractivity contribution in [3.05, 3.63) is 160 Å². The first-order valence-corrected chi connectivity index (χ1v) is 21.4. The summed E-state index contributed by atoms with van der Waals surface area (Å²) in [7, 11) is 0. The maximum Gasteiger partial charge on any atom is 0.0543 e. The standard InChI is InChI=1S/C56H61N/c1-36-21-27-46-50(55(8,9)32-31-53(46,4)5)51(36)57(40-25-22-38(23-26-40)37-17-13-12-14-18-37)49-35-47-43(41-19-15-16-20-44(41)56(47,10)11)34-42(49)39-24-28-45-48(33-39)54(6,7)30-29-52(45,2)3/h12-28,33-35H,29-32H2,1-11H3. The first-order valence-electron chi connectivity index (χ1n) is 21.4. The minimum atomic E-state index is -0.143. The Kier molecular flexibility index (Phi) is 8.47. The molecule has 0 radical (unpaired) electrons. The third kappa shape index (κ3) is 5.94. The van der Waals surface area contributed by atoms with Crippen molar-refractivity contribution < 1.29 is 0 Å². The first kappa shape index (κ1) is 37.7. The Morgan fingerprint density at radius 1 is 0.404 bits per heavy atom. The maximum atomic E-state index is 2.68. The summed E-state index contributed by atoms with van der Waals surface area (Å²) in [6.45, 7) is 26.8. The molecular formula is C56H61N. The number of aryl methyl sites for hydroxylation is 1. The van der Waals surface area contributed by atoms with Crippen LogP contribution < -0.4 is 4.90 Å². The third-order valence-corrected chi connectivity index (χ3v) is 14.7. The van der Waals surface area contributed by atoms with E-state index in [0.29, 0.717) is 0 Å². The molecule has 6 aromatic carbocycles. The number of benzene rings is 6. The summed E-state index contributed by atoms with van der Waals surface area (Å²) in [4.78, 5) is 2.68. The van der Waals surface area contributed by atoms with Crippen LogP contribution >= 0.6 is 0 Å². The van der Waals surface area contributed by atoms with E-state index in [4.69, 9.17) is 0 Å². The van der Waals surface area contributed by atoms with Crippen molar-refractivity contribution in [2.45, 2.75) is 129 Å². The second-order valence-electron chi connectivity index (χ2n) is 20.8. The molecule has 1 heteroatoms. The summed E-state index contributed by atoms with van der Waals surface area (Å²) >= 11 is 0. The maximum absolute atomic E-state index is 2.68. The fourth-order valence-electron chi connectivity index (χ4n) is 10.8. The minimum absolute atomic E-state index is 0.00224. The van der Waals surface area contributed by atoms with E-state index in [-0.39, 0.29) is 27.1 Å². The molecule has 0 saturated heterocycles. The van der Waals surface area contributed by atoms with Crippen LogP contribution in [0.2, 0.25) is 0 Å². The van der Waals surface area contributed by atoms with Gasteiger partial charge in [-0.2, -0.15) is 0 Å². The van der Waals surface area contributed by atoms with E-state index in [1.165, 1.54) is 109 Å². The van der Waals surface area contributed by atoms with Gasteiger partial charge in [0.05, 0.1) is 11.4 Å². The third-order valence-electron chi connectivity index (χ3n) is 14.7. The van der Waals surface area contributed by atoms with E-state index in [0.717, 1.165) is 6.42 Å². The van der Waals surface area contributed by atoms with Crippen LogP contribution in [0.25, 0.3) is 33.4 Å². The summed E-state index contributed by atoms with van der Waals surface area (Å²) in [6.07, 6.45) is 4.73. The lowest BCUT2D eigenvalue weighted by Crippen LogP contribution is -2.35. The average molecular weight is 748 g/mol. The largest absolute Gasteiger partial charge is 0.309 e. The van der Waals surface area contributed by atoms with Gasteiger partial charge in [0.15, 0.2) is 0 Å². The Morgan fingerprint density at radius 3 is 1.67 bits per heavy atom. The predicted molar refractivity (Wildman–Crippen MR) is 245 cm³/mol. The molecule has 0 aromatic heterocycles. The average Bonchev–Trinajstić information content (AvgIpc) is 3.41. The Labute approximate surface area is 343 Å². The highest BCUT2D eigenvalue weighted by Crippen LogP contribution is 2.58. The summed E-state index contributed by atoms with van der Waals surface area (Å²) in [5, 5.41) is 0. The summed E-state index contributed by atoms with van der Waals surface area (Å²) < 4.78 is 0. The minimum Gasteiger partial charge on any atom is -0.309 e. The molecular weight excluding hydrogens is 687 g/mol. The van der Waals surface area contributed by atoms with E-state index in [1.807, 2.05) is 0 Å². The highest BCUT2D eigenvalue weighted by Gasteiger charge is 2.43. The number of nitrogens with zero attached hydrogens (tertiary/aromatic N) is 1. The number of anilines is 3. The van der Waals surface area contributed by atoms with E-state index < -0.39 is 0 Å². The van der Waals surface area contributed by atoms with E-state index in [2.05, 4.69) is 202 Å². The van der Waals surface area contributed by atoms with Crippen LogP contribution in [0.15, 0.2) is 121 Å². The van der Waals surface area contributed by atoms with Crippen molar-refractivity contribution >= 4 is 17.1 Å². The lowest BCUT2D eigenvalue weighted by molar-refractivity contribution is 0.332. The molecule has 0 saturated carbocycles. The van der Waals surface area contributed by atoms with Gasteiger partial charge in [0.2, 0.25) is 0 Å². The molecule has 0 bridgehead atoms. The number of hydrogen-bond donors (Lipinski definition) is 0. The van der Waals surface area contributed by atoms with Crippen LogP contribution in [0.4, 0.5) is 17.1 Å². The Balaban J connectivity index is 1.39. The Hall–Kier alpha value is -4.88. The second-order valence-corrected chi connectivity index (χ2v) is 20.8. The molecule has 0 spiro atoms. The zero-order chi connectivity index (χ0) is 40.3. The molecule has 0 heterocycles. The highest BCUT2D eigenvalue weighted by atomic mass is 15.2. The molecule has 3 aliphatic rings. The smallest absolute Gasteiger partial charge is 0.0543 e. The summed E-state index contributed by atoms with van der Waals surface area (Å²) in [5.41, 5.74) is 21.9. The Bertz CT molecular complexity index is 2540. The fraction of sp³-hybridized carbons (Fsp3) is 0.357. The molecule has 0 aliphatic heterocycles. The van der Waals surface area contributed by atoms with E-state index in [9.17, 15) is 0 Å².